The molecule has 2 aromatic rings. The van der Waals surface area contributed by atoms with E-state index in [-0.39, 0.29) is 18.7 Å². The van der Waals surface area contributed by atoms with E-state index in [1.807, 2.05) is 0 Å². The number of amides is 1. The van der Waals surface area contributed by atoms with Crippen molar-refractivity contribution in [2.75, 3.05) is 12.3 Å². The third-order valence-electron chi connectivity index (χ3n) is 2.72. The summed E-state index contributed by atoms with van der Waals surface area (Å²) in [4.78, 5) is 11.6. The lowest BCUT2D eigenvalue weighted by atomic mass is 10.2. The first-order valence-corrected chi connectivity index (χ1v) is 6.23. The molecule has 0 saturated heterocycles. The quantitative estimate of drug-likeness (QED) is 0.831. The molecule has 0 aliphatic rings. The number of nitrogens with two attached hydrogens (primary N) is 1. The fourth-order valence-electron chi connectivity index (χ4n) is 1.66. The van der Waals surface area contributed by atoms with Crippen molar-refractivity contribution in [2.24, 2.45) is 0 Å². The van der Waals surface area contributed by atoms with Gasteiger partial charge in [0.05, 0.1) is 0 Å². The average molecular weight is 292 g/mol. The van der Waals surface area contributed by atoms with Gasteiger partial charge in [0.2, 0.25) is 0 Å². The molecule has 0 fully saturated rings. The van der Waals surface area contributed by atoms with Crippen molar-refractivity contribution in [3.05, 3.63) is 59.7 Å². The van der Waals surface area contributed by atoms with E-state index in [0.29, 0.717) is 11.4 Å². The summed E-state index contributed by atoms with van der Waals surface area (Å²) < 4.78 is 31.3. The van der Waals surface area contributed by atoms with Gasteiger partial charge in [-0.15, -0.1) is 0 Å². The standard InChI is InChI=1S/C15H14F2N2O2/c16-11-5-4-10(14(17)6-11)8-19-15(20)9-21-13-3-1-2-12(18)7-13/h1-7H,8-9,18H2,(H,19,20). The Morgan fingerprint density at radius 1 is 1.19 bits per heavy atom. The number of carbonyl (C=O) groups excluding carboxylic acids is 1. The highest BCUT2D eigenvalue weighted by molar-refractivity contribution is 5.77. The van der Waals surface area contributed by atoms with E-state index in [1.165, 1.54) is 6.07 Å². The van der Waals surface area contributed by atoms with Crippen molar-refractivity contribution >= 4 is 11.6 Å². The molecule has 0 bridgehead atoms. The Hall–Kier alpha value is -2.63. The molecule has 1 amide bonds. The molecule has 0 spiro atoms. The van der Waals surface area contributed by atoms with Crippen molar-refractivity contribution in [1.82, 2.24) is 5.32 Å². The highest BCUT2D eigenvalue weighted by atomic mass is 19.1. The molecule has 110 valence electrons. The molecule has 4 nitrogen and oxygen atoms in total. The Kier molecular flexibility index (Phi) is 4.71. The Labute approximate surface area is 120 Å². The van der Waals surface area contributed by atoms with Crippen LogP contribution in [0.15, 0.2) is 42.5 Å². The molecule has 0 aliphatic carbocycles. The monoisotopic (exact) mass is 292 g/mol. The number of nitrogen functional groups attached to an aromatic ring is 1. The van der Waals surface area contributed by atoms with E-state index in [2.05, 4.69) is 5.32 Å². The van der Waals surface area contributed by atoms with E-state index >= 15 is 0 Å². The van der Waals surface area contributed by atoms with Gasteiger partial charge in [-0.1, -0.05) is 12.1 Å². The molecule has 0 aliphatic heterocycles. The van der Waals surface area contributed by atoms with Gasteiger partial charge in [-0.3, -0.25) is 4.79 Å². The minimum atomic E-state index is -0.702. The van der Waals surface area contributed by atoms with Gasteiger partial charge in [0.1, 0.15) is 17.4 Å². The zero-order valence-corrected chi connectivity index (χ0v) is 11.1. The number of benzene rings is 2. The number of hydrogen-bond donors (Lipinski definition) is 2. The molecule has 0 atom stereocenters. The molecular formula is C15H14F2N2O2. The predicted octanol–water partition coefficient (Wildman–Crippen LogP) is 2.24. The number of hydrogen-bond acceptors (Lipinski definition) is 3. The van der Waals surface area contributed by atoms with Gasteiger partial charge in [-0.05, 0) is 18.2 Å². The lowest BCUT2D eigenvalue weighted by Gasteiger charge is -2.08. The minimum Gasteiger partial charge on any atom is -0.484 e. The van der Waals surface area contributed by atoms with Crippen LogP contribution in [0.5, 0.6) is 5.75 Å². The summed E-state index contributed by atoms with van der Waals surface area (Å²) in [6.45, 7) is -0.252. The van der Waals surface area contributed by atoms with Gasteiger partial charge < -0.3 is 15.8 Å². The molecule has 0 saturated carbocycles. The maximum Gasteiger partial charge on any atom is 0.258 e. The first kappa shape index (κ1) is 14.8. The maximum atomic E-state index is 13.4. The van der Waals surface area contributed by atoms with Gasteiger partial charge in [-0.2, -0.15) is 0 Å². The first-order chi connectivity index (χ1) is 10.0. The van der Waals surface area contributed by atoms with Gasteiger partial charge in [0.25, 0.3) is 5.91 Å². The van der Waals surface area contributed by atoms with E-state index in [9.17, 15) is 13.6 Å². The molecule has 0 aromatic heterocycles. The normalized spacial score (nSPS) is 10.2. The van der Waals surface area contributed by atoms with Crippen LogP contribution in [0.1, 0.15) is 5.56 Å². The number of nitrogens with one attached hydrogen (secondary N) is 1. The summed E-state index contributed by atoms with van der Waals surface area (Å²) in [5.41, 5.74) is 6.31. The third-order valence-corrected chi connectivity index (χ3v) is 2.72. The lowest BCUT2D eigenvalue weighted by molar-refractivity contribution is -0.123. The van der Waals surface area contributed by atoms with Crippen LogP contribution in [0.25, 0.3) is 0 Å². The summed E-state index contributed by atoms with van der Waals surface area (Å²) in [7, 11) is 0. The van der Waals surface area contributed by atoms with Crippen molar-refractivity contribution in [3.8, 4) is 5.75 Å². The molecule has 6 heteroatoms. The maximum absolute atomic E-state index is 13.4. The summed E-state index contributed by atoms with van der Waals surface area (Å²) in [6.07, 6.45) is 0. The minimum absolute atomic E-state index is 0.0365. The number of ether oxygens (including phenoxy) is 1. The predicted molar refractivity (Wildman–Crippen MR) is 74.6 cm³/mol. The Morgan fingerprint density at radius 2 is 2.00 bits per heavy atom. The van der Waals surface area contributed by atoms with Crippen molar-refractivity contribution in [3.63, 3.8) is 0 Å². The fourth-order valence-corrected chi connectivity index (χ4v) is 1.66. The highest BCUT2D eigenvalue weighted by Gasteiger charge is 2.07. The summed E-state index contributed by atoms with van der Waals surface area (Å²) >= 11 is 0. The number of rotatable bonds is 5. The van der Waals surface area contributed by atoms with E-state index in [0.717, 1.165) is 12.1 Å². The second kappa shape index (κ2) is 6.69. The molecule has 0 unspecified atom stereocenters. The SMILES string of the molecule is Nc1cccc(OCC(=O)NCc2ccc(F)cc2F)c1. The van der Waals surface area contributed by atoms with Gasteiger partial charge >= 0.3 is 0 Å². The van der Waals surface area contributed by atoms with Crippen LogP contribution in [0.4, 0.5) is 14.5 Å². The molecule has 0 radical (unpaired) electrons. The largest absolute Gasteiger partial charge is 0.484 e. The van der Waals surface area contributed by atoms with Crippen LogP contribution in [-0.2, 0) is 11.3 Å². The molecular weight excluding hydrogens is 278 g/mol. The highest BCUT2D eigenvalue weighted by Crippen LogP contribution is 2.14. The molecule has 2 rings (SSSR count). The van der Waals surface area contributed by atoms with Gasteiger partial charge in [0, 0.05) is 29.9 Å². The first-order valence-electron chi connectivity index (χ1n) is 6.23. The molecule has 2 aromatic carbocycles. The number of anilines is 1. The van der Waals surface area contributed by atoms with Gasteiger partial charge in [0.15, 0.2) is 6.61 Å². The average Bonchev–Trinajstić information content (AvgIpc) is 2.44. The van der Waals surface area contributed by atoms with Crippen molar-refractivity contribution in [1.29, 1.82) is 0 Å². The van der Waals surface area contributed by atoms with Crippen LogP contribution >= 0.6 is 0 Å². The Balaban J connectivity index is 1.82. The number of halogens is 2. The molecule has 3 N–H and O–H groups in total. The van der Waals surface area contributed by atoms with Gasteiger partial charge in [-0.25, -0.2) is 8.78 Å². The van der Waals surface area contributed by atoms with Crippen LogP contribution in [-0.4, -0.2) is 12.5 Å². The fraction of sp³-hybridized carbons (Fsp3) is 0.133. The summed E-state index contributed by atoms with van der Waals surface area (Å²) in [6, 6.07) is 9.85. The van der Waals surface area contributed by atoms with Crippen LogP contribution in [0.2, 0.25) is 0 Å². The van der Waals surface area contributed by atoms with E-state index in [1.54, 1.807) is 24.3 Å². The van der Waals surface area contributed by atoms with Crippen molar-refractivity contribution < 1.29 is 18.3 Å². The zero-order valence-electron chi connectivity index (χ0n) is 11.1. The molecule has 0 heterocycles. The summed E-state index contributed by atoms with van der Waals surface area (Å²) in [5.74, 6) is -1.31. The lowest BCUT2D eigenvalue weighted by Crippen LogP contribution is -2.28. The van der Waals surface area contributed by atoms with Crippen LogP contribution < -0.4 is 15.8 Å². The second-order valence-electron chi connectivity index (χ2n) is 4.37. The Bertz CT molecular complexity index is 647. The second-order valence-corrected chi connectivity index (χ2v) is 4.37. The van der Waals surface area contributed by atoms with Crippen LogP contribution in [0.3, 0.4) is 0 Å². The molecule has 21 heavy (non-hydrogen) atoms. The number of carbonyl (C=O) groups is 1. The topological polar surface area (TPSA) is 64.3 Å². The zero-order chi connectivity index (χ0) is 15.2. The smallest absolute Gasteiger partial charge is 0.258 e. The third kappa shape index (κ3) is 4.45. The Morgan fingerprint density at radius 3 is 2.71 bits per heavy atom. The summed E-state index contributed by atoms with van der Waals surface area (Å²) in [5, 5.41) is 2.49. The van der Waals surface area contributed by atoms with E-state index < -0.39 is 17.5 Å². The van der Waals surface area contributed by atoms with E-state index in [4.69, 9.17) is 10.5 Å². The van der Waals surface area contributed by atoms with Crippen molar-refractivity contribution in [2.45, 2.75) is 6.54 Å². The van der Waals surface area contributed by atoms with Crippen LogP contribution in [0, 0.1) is 11.6 Å².